The van der Waals surface area contributed by atoms with Gasteiger partial charge in [0.1, 0.15) is 11.3 Å². The number of phenols is 1. The SMILES string of the molecule is Cc1ccc(C(=O)O)c(OC(=O)Oc2ccccc2)c1O. The Morgan fingerprint density at radius 3 is 2.29 bits per heavy atom. The van der Waals surface area contributed by atoms with Crippen molar-refractivity contribution in [2.24, 2.45) is 0 Å². The van der Waals surface area contributed by atoms with Crippen LogP contribution in [0.1, 0.15) is 15.9 Å². The fraction of sp³-hybridized carbons (Fsp3) is 0.0667. The average molecular weight is 288 g/mol. The minimum absolute atomic E-state index is 0.242. The van der Waals surface area contributed by atoms with Crippen molar-refractivity contribution in [2.45, 2.75) is 6.92 Å². The number of phenolic OH excluding ortho intramolecular Hbond substituents is 1. The number of aryl methyl sites for hydroxylation is 1. The average Bonchev–Trinajstić information content (AvgIpc) is 2.44. The highest BCUT2D eigenvalue weighted by atomic mass is 16.7. The summed E-state index contributed by atoms with van der Waals surface area (Å²) < 4.78 is 9.71. The molecule has 6 heteroatoms. The zero-order valence-corrected chi connectivity index (χ0v) is 11.1. The van der Waals surface area contributed by atoms with Crippen LogP contribution in [-0.4, -0.2) is 22.3 Å². The van der Waals surface area contributed by atoms with Gasteiger partial charge in [0.15, 0.2) is 11.5 Å². The van der Waals surface area contributed by atoms with Gasteiger partial charge in [0.2, 0.25) is 0 Å². The molecule has 0 heterocycles. The van der Waals surface area contributed by atoms with Crippen LogP contribution in [0.4, 0.5) is 4.79 Å². The van der Waals surface area contributed by atoms with Crippen molar-refractivity contribution in [3.05, 3.63) is 53.6 Å². The van der Waals surface area contributed by atoms with E-state index in [2.05, 4.69) is 0 Å². The van der Waals surface area contributed by atoms with Crippen LogP contribution in [0.15, 0.2) is 42.5 Å². The number of hydrogen-bond acceptors (Lipinski definition) is 5. The first-order valence-electron chi connectivity index (χ1n) is 5.99. The molecule has 0 bridgehead atoms. The van der Waals surface area contributed by atoms with E-state index in [-0.39, 0.29) is 11.3 Å². The van der Waals surface area contributed by atoms with Gasteiger partial charge in [0.05, 0.1) is 0 Å². The molecule has 0 aromatic heterocycles. The summed E-state index contributed by atoms with van der Waals surface area (Å²) in [4.78, 5) is 22.8. The fourth-order valence-corrected chi connectivity index (χ4v) is 1.63. The lowest BCUT2D eigenvalue weighted by atomic mass is 10.1. The molecule has 0 aliphatic rings. The van der Waals surface area contributed by atoms with Gasteiger partial charge < -0.3 is 19.7 Å². The van der Waals surface area contributed by atoms with E-state index in [1.807, 2.05) is 0 Å². The molecule has 0 spiro atoms. The second-order valence-corrected chi connectivity index (χ2v) is 4.18. The number of carbonyl (C=O) groups excluding carboxylic acids is 1. The van der Waals surface area contributed by atoms with Crippen molar-refractivity contribution < 1.29 is 29.3 Å². The zero-order valence-electron chi connectivity index (χ0n) is 11.1. The molecule has 0 saturated carbocycles. The molecule has 2 aromatic rings. The Balaban J connectivity index is 2.24. The molecule has 2 aromatic carbocycles. The summed E-state index contributed by atoms with van der Waals surface area (Å²) in [5, 5.41) is 18.9. The third-order valence-electron chi connectivity index (χ3n) is 2.69. The van der Waals surface area contributed by atoms with Crippen molar-refractivity contribution >= 4 is 12.1 Å². The molecule has 0 radical (unpaired) electrons. The van der Waals surface area contributed by atoms with Gasteiger partial charge in [-0.15, -0.1) is 0 Å². The van der Waals surface area contributed by atoms with E-state index in [0.717, 1.165) is 0 Å². The highest BCUT2D eigenvalue weighted by Crippen LogP contribution is 2.34. The van der Waals surface area contributed by atoms with Gasteiger partial charge in [-0.2, -0.15) is 0 Å². The monoisotopic (exact) mass is 288 g/mol. The predicted molar refractivity (Wildman–Crippen MR) is 72.9 cm³/mol. The van der Waals surface area contributed by atoms with Gasteiger partial charge >= 0.3 is 12.1 Å². The van der Waals surface area contributed by atoms with Crippen LogP contribution < -0.4 is 9.47 Å². The molecule has 6 nitrogen and oxygen atoms in total. The summed E-state index contributed by atoms with van der Waals surface area (Å²) in [5.41, 5.74) is 0.0469. The number of carboxylic acid groups (broad SMARTS) is 1. The topological polar surface area (TPSA) is 93.1 Å². The Hall–Kier alpha value is -3.02. The molecule has 21 heavy (non-hydrogen) atoms. The maximum absolute atomic E-state index is 11.7. The van der Waals surface area contributed by atoms with E-state index in [0.29, 0.717) is 5.56 Å². The lowest BCUT2D eigenvalue weighted by Crippen LogP contribution is -2.16. The Morgan fingerprint density at radius 1 is 1.00 bits per heavy atom. The smallest absolute Gasteiger partial charge is 0.504 e. The molecule has 0 saturated heterocycles. The minimum Gasteiger partial charge on any atom is -0.504 e. The number of rotatable bonds is 3. The number of aromatic carboxylic acids is 1. The summed E-state index contributed by atoms with van der Waals surface area (Å²) in [6.07, 6.45) is -1.13. The van der Waals surface area contributed by atoms with E-state index in [9.17, 15) is 14.7 Å². The van der Waals surface area contributed by atoms with Crippen LogP contribution in [0.5, 0.6) is 17.2 Å². The maximum atomic E-state index is 11.7. The molecule has 108 valence electrons. The molecule has 0 amide bonds. The third kappa shape index (κ3) is 3.30. The first kappa shape index (κ1) is 14.4. The van der Waals surface area contributed by atoms with Crippen LogP contribution in [0.3, 0.4) is 0 Å². The Morgan fingerprint density at radius 2 is 1.67 bits per heavy atom. The highest BCUT2D eigenvalue weighted by Gasteiger charge is 2.21. The first-order valence-corrected chi connectivity index (χ1v) is 5.99. The molecular formula is C15H12O6. The van der Waals surface area contributed by atoms with E-state index in [4.69, 9.17) is 14.6 Å². The number of ether oxygens (including phenoxy) is 2. The lowest BCUT2D eigenvalue weighted by molar-refractivity contribution is 0.0692. The van der Waals surface area contributed by atoms with Gasteiger partial charge in [-0.05, 0) is 30.7 Å². The van der Waals surface area contributed by atoms with Crippen molar-refractivity contribution in [3.8, 4) is 17.2 Å². The first-order chi connectivity index (χ1) is 9.99. The van der Waals surface area contributed by atoms with Crippen molar-refractivity contribution in [3.63, 3.8) is 0 Å². The van der Waals surface area contributed by atoms with Crippen molar-refractivity contribution in [1.29, 1.82) is 0 Å². The standard InChI is InChI=1S/C15H12O6/c1-9-7-8-11(14(17)18)13(12(9)16)21-15(19)20-10-5-3-2-4-6-10/h2-8,16H,1H3,(H,17,18). The number of hydrogen-bond donors (Lipinski definition) is 2. The molecule has 2 rings (SSSR count). The lowest BCUT2D eigenvalue weighted by Gasteiger charge is -2.11. The van der Waals surface area contributed by atoms with E-state index < -0.39 is 23.6 Å². The molecule has 0 atom stereocenters. The molecule has 0 fully saturated rings. The van der Waals surface area contributed by atoms with Crippen LogP contribution in [0, 0.1) is 6.92 Å². The number of carbonyl (C=O) groups is 2. The predicted octanol–water partition coefficient (Wildman–Crippen LogP) is 2.98. The maximum Gasteiger partial charge on any atom is 0.519 e. The Labute approximate surface area is 120 Å². The summed E-state index contributed by atoms with van der Waals surface area (Å²) in [6.45, 7) is 1.55. The van der Waals surface area contributed by atoms with E-state index in [1.165, 1.54) is 24.3 Å². The fourth-order valence-electron chi connectivity index (χ4n) is 1.63. The van der Waals surface area contributed by atoms with Crippen LogP contribution in [-0.2, 0) is 0 Å². The number of carboxylic acids is 1. The summed E-state index contributed by atoms with van der Waals surface area (Å²) in [7, 11) is 0. The summed E-state index contributed by atoms with van der Waals surface area (Å²) in [6, 6.07) is 10.8. The number of benzene rings is 2. The molecule has 2 N–H and O–H groups in total. The van der Waals surface area contributed by atoms with Crippen LogP contribution >= 0.6 is 0 Å². The Bertz CT molecular complexity index is 678. The van der Waals surface area contributed by atoms with Crippen molar-refractivity contribution in [1.82, 2.24) is 0 Å². The second-order valence-electron chi connectivity index (χ2n) is 4.18. The molecule has 0 unspecified atom stereocenters. The summed E-state index contributed by atoms with van der Waals surface area (Å²) in [5.74, 6) is -1.94. The normalized spacial score (nSPS) is 9.95. The molecule has 0 aliphatic carbocycles. The molecule has 0 aliphatic heterocycles. The molecular weight excluding hydrogens is 276 g/mol. The van der Waals surface area contributed by atoms with Gasteiger partial charge in [-0.25, -0.2) is 9.59 Å². The van der Waals surface area contributed by atoms with E-state index in [1.54, 1.807) is 25.1 Å². The van der Waals surface area contributed by atoms with Crippen molar-refractivity contribution in [2.75, 3.05) is 0 Å². The largest absolute Gasteiger partial charge is 0.519 e. The quantitative estimate of drug-likeness (QED) is 0.666. The minimum atomic E-state index is -1.33. The van der Waals surface area contributed by atoms with Gasteiger partial charge in [-0.1, -0.05) is 24.3 Å². The van der Waals surface area contributed by atoms with Gasteiger partial charge in [0.25, 0.3) is 0 Å². The number of para-hydroxylation sites is 1. The number of aromatic hydroxyl groups is 1. The van der Waals surface area contributed by atoms with Crippen LogP contribution in [0.25, 0.3) is 0 Å². The summed E-state index contributed by atoms with van der Waals surface area (Å²) >= 11 is 0. The zero-order chi connectivity index (χ0) is 15.4. The van der Waals surface area contributed by atoms with Crippen LogP contribution in [0.2, 0.25) is 0 Å². The Kier molecular flexibility index (Phi) is 4.08. The van der Waals surface area contributed by atoms with Gasteiger partial charge in [-0.3, -0.25) is 0 Å². The second kappa shape index (κ2) is 5.96. The third-order valence-corrected chi connectivity index (χ3v) is 2.69. The highest BCUT2D eigenvalue weighted by molar-refractivity contribution is 5.93. The van der Waals surface area contributed by atoms with Gasteiger partial charge in [0, 0.05) is 0 Å². The van der Waals surface area contributed by atoms with E-state index >= 15 is 0 Å².